The average Bonchev–Trinajstić information content (AvgIpc) is 2.71. The van der Waals surface area contributed by atoms with Gasteiger partial charge in [-0.1, -0.05) is 13.3 Å². The highest BCUT2D eigenvalue weighted by molar-refractivity contribution is 5.91. The standard InChI is InChI=1S/C12H19NO5/c1-3-4-7-18-12(16)13-10-8(11(15)17-2)5-6-9(10)14/h9,14H,3-7H2,1-2H3,(H,13,16). The molecule has 1 aliphatic rings. The van der Waals surface area contributed by atoms with E-state index in [9.17, 15) is 14.7 Å². The lowest BCUT2D eigenvalue weighted by Gasteiger charge is -2.12. The second kappa shape index (κ2) is 7.00. The largest absolute Gasteiger partial charge is 0.466 e. The number of aliphatic hydroxyl groups is 1. The molecule has 6 nitrogen and oxygen atoms in total. The predicted molar refractivity (Wildman–Crippen MR) is 63.7 cm³/mol. The monoisotopic (exact) mass is 257 g/mol. The summed E-state index contributed by atoms with van der Waals surface area (Å²) in [7, 11) is 1.26. The number of ether oxygens (including phenoxy) is 2. The predicted octanol–water partition coefficient (Wildman–Crippen LogP) is 1.09. The van der Waals surface area contributed by atoms with Crippen molar-refractivity contribution in [2.75, 3.05) is 13.7 Å². The minimum Gasteiger partial charge on any atom is -0.466 e. The summed E-state index contributed by atoms with van der Waals surface area (Å²) in [5.41, 5.74) is 0.501. The van der Waals surface area contributed by atoms with Crippen LogP contribution in [0.3, 0.4) is 0 Å². The Hall–Kier alpha value is -1.56. The Morgan fingerprint density at radius 3 is 2.83 bits per heavy atom. The topological polar surface area (TPSA) is 84.9 Å². The van der Waals surface area contributed by atoms with Crippen LogP contribution in [-0.4, -0.2) is 37.0 Å². The molecule has 0 saturated carbocycles. The Balaban J connectivity index is 2.61. The number of alkyl carbamates (subject to hydrolysis) is 1. The highest BCUT2D eigenvalue weighted by atomic mass is 16.5. The molecule has 1 atom stereocenters. The van der Waals surface area contributed by atoms with E-state index < -0.39 is 18.2 Å². The summed E-state index contributed by atoms with van der Waals surface area (Å²) in [6.07, 6.45) is 0.983. The smallest absolute Gasteiger partial charge is 0.411 e. The van der Waals surface area contributed by atoms with E-state index in [-0.39, 0.29) is 5.70 Å². The highest BCUT2D eigenvalue weighted by Gasteiger charge is 2.30. The summed E-state index contributed by atoms with van der Waals surface area (Å²) < 4.78 is 9.50. The summed E-state index contributed by atoms with van der Waals surface area (Å²) in [5.74, 6) is -0.532. The molecule has 0 aromatic rings. The highest BCUT2D eigenvalue weighted by Crippen LogP contribution is 2.25. The minimum atomic E-state index is -0.849. The van der Waals surface area contributed by atoms with E-state index >= 15 is 0 Å². The fourth-order valence-corrected chi connectivity index (χ4v) is 1.71. The van der Waals surface area contributed by atoms with Crippen LogP contribution in [0.15, 0.2) is 11.3 Å². The van der Waals surface area contributed by atoms with E-state index in [4.69, 9.17) is 4.74 Å². The van der Waals surface area contributed by atoms with Crippen molar-refractivity contribution in [1.29, 1.82) is 0 Å². The van der Waals surface area contributed by atoms with Gasteiger partial charge in [-0.2, -0.15) is 0 Å². The fraction of sp³-hybridized carbons (Fsp3) is 0.667. The summed E-state index contributed by atoms with van der Waals surface area (Å²) in [4.78, 5) is 22.9. The third-order valence-electron chi connectivity index (χ3n) is 2.73. The molecule has 0 aromatic heterocycles. The van der Waals surface area contributed by atoms with Gasteiger partial charge in [0.15, 0.2) is 0 Å². The third-order valence-corrected chi connectivity index (χ3v) is 2.73. The zero-order chi connectivity index (χ0) is 13.5. The van der Waals surface area contributed by atoms with Crippen LogP contribution in [0, 0.1) is 0 Å². The van der Waals surface area contributed by atoms with Gasteiger partial charge in [0.2, 0.25) is 0 Å². The molecule has 1 amide bonds. The number of esters is 1. The van der Waals surface area contributed by atoms with Crippen molar-refractivity contribution in [3.63, 3.8) is 0 Å². The van der Waals surface area contributed by atoms with Gasteiger partial charge in [-0.25, -0.2) is 9.59 Å². The van der Waals surface area contributed by atoms with Crippen molar-refractivity contribution < 1.29 is 24.2 Å². The molecule has 1 rings (SSSR count). The third kappa shape index (κ3) is 3.73. The normalized spacial score (nSPS) is 18.7. The Morgan fingerprint density at radius 1 is 1.50 bits per heavy atom. The van der Waals surface area contributed by atoms with E-state index in [1.54, 1.807) is 0 Å². The molecule has 0 aliphatic heterocycles. The van der Waals surface area contributed by atoms with E-state index in [2.05, 4.69) is 10.1 Å². The Bertz CT molecular complexity index is 350. The van der Waals surface area contributed by atoms with Gasteiger partial charge in [-0.3, -0.25) is 5.32 Å². The van der Waals surface area contributed by atoms with Crippen LogP contribution in [0.1, 0.15) is 32.6 Å². The Labute approximate surface area is 106 Å². The second-order valence-corrected chi connectivity index (χ2v) is 4.05. The van der Waals surface area contributed by atoms with Gasteiger partial charge < -0.3 is 14.6 Å². The molecule has 2 N–H and O–H groups in total. The molecule has 0 spiro atoms. The number of hydrogen-bond acceptors (Lipinski definition) is 5. The molecule has 0 saturated heterocycles. The van der Waals surface area contributed by atoms with E-state index in [0.29, 0.717) is 25.0 Å². The van der Waals surface area contributed by atoms with Gasteiger partial charge in [-0.05, 0) is 19.3 Å². The van der Waals surface area contributed by atoms with Crippen LogP contribution >= 0.6 is 0 Å². The van der Waals surface area contributed by atoms with Crippen molar-refractivity contribution in [2.24, 2.45) is 0 Å². The molecule has 0 aromatic carbocycles. The van der Waals surface area contributed by atoms with E-state index in [0.717, 1.165) is 12.8 Å². The summed E-state index contributed by atoms with van der Waals surface area (Å²) in [6, 6.07) is 0. The van der Waals surface area contributed by atoms with Gasteiger partial charge >= 0.3 is 12.1 Å². The van der Waals surface area contributed by atoms with Crippen LogP contribution in [0.25, 0.3) is 0 Å². The minimum absolute atomic E-state index is 0.198. The molecule has 102 valence electrons. The van der Waals surface area contributed by atoms with Gasteiger partial charge in [-0.15, -0.1) is 0 Å². The summed E-state index contributed by atoms with van der Waals surface area (Å²) in [6.45, 7) is 2.30. The molecular weight excluding hydrogens is 238 g/mol. The van der Waals surface area contributed by atoms with Crippen LogP contribution in [0.4, 0.5) is 4.79 Å². The first kappa shape index (κ1) is 14.5. The molecule has 1 unspecified atom stereocenters. The van der Waals surface area contributed by atoms with E-state index in [1.165, 1.54) is 7.11 Å². The van der Waals surface area contributed by atoms with Crippen molar-refractivity contribution in [1.82, 2.24) is 5.32 Å². The molecule has 18 heavy (non-hydrogen) atoms. The number of methoxy groups -OCH3 is 1. The number of amides is 1. The molecule has 6 heteroatoms. The van der Waals surface area contributed by atoms with Crippen molar-refractivity contribution in [3.05, 3.63) is 11.3 Å². The van der Waals surface area contributed by atoms with Crippen LogP contribution in [0.2, 0.25) is 0 Å². The summed E-state index contributed by atoms with van der Waals surface area (Å²) in [5, 5.41) is 12.1. The number of unbranched alkanes of at least 4 members (excludes halogenated alkanes) is 1. The van der Waals surface area contributed by atoms with Crippen LogP contribution in [0.5, 0.6) is 0 Å². The van der Waals surface area contributed by atoms with Crippen LogP contribution < -0.4 is 5.32 Å². The molecule has 0 fully saturated rings. The maximum atomic E-state index is 11.4. The first-order valence-corrected chi connectivity index (χ1v) is 6.03. The first-order chi connectivity index (χ1) is 8.60. The Kier molecular flexibility index (Phi) is 5.64. The van der Waals surface area contributed by atoms with Gasteiger partial charge in [0.05, 0.1) is 31.1 Å². The maximum absolute atomic E-state index is 11.4. The SMILES string of the molecule is CCCCOC(=O)NC1=C(C(=O)OC)CCC1O. The van der Waals surface area contributed by atoms with E-state index in [1.807, 2.05) is 6.92 Å². The maximum Gasteiger partial charge on any atom is 0.411 e. The van der Waals surface area contributed by atoms with Gasteiger partial charge in [0.25, 0.3) is 0 Å². The molecular formula is C12H19NO5. The second-order valence-electron chi connectivity index (χ2n) is 4.05. The molecule has 0 heterocycles. The number of aliphatic hydroxyl groups excluding tert-OH is 1. The summed E-state index contributed by atoms with van der Waals surface area (Å²) >= 11 is 0. The molecule has 0 bridgehead atoms. The van der Waals surface area contributed by atoms with Gasteiger partial charge in [0.1, 0.15) is 0 Å². The number of rotatable bonds is 5. The van der Waals surface area contributed by atoms with Crippen molar-refractivity contribution >= 4 is 12.1 Å². The van der Waals surface area contributed by atoms with Crippen molar-refractivity contribution in [3.8, 4) is 0 Å². The fourth-order valence-electron chi connectivity index (χ4n) is 1.71. The zero-order valence-electron chi connectivity index (χ0n) is 10.7. The quantitative estimate of drug-likeness (QED) is 0.569. The average molecular weight is 257 g/mol. The molecule has 0 radical (unpaired) electrons. The lowest BCUT2D eigenvalue weighted by molar-refractivity contribution is -0.136. The Morgan fingerprint density at radius 2 is 2.22 bits per heavy atom. The lowest BCUT2D eigenvalue weighted by Crippen LogP contribution is -2.30. The first-order valence-electron chi connectivity index (χ1n) is 6.03. The zero-order valence-corrected chi connectivity index (χ0v) is 10.7. The number of nitrogens with one attached hydrogen (secondary N) is 1. The molecule has 1 aliphatic carbocycles. The van der Waals surface area contributed by atoms with Crippen LogP contribution in [-0.2, 0) is 14.3 Å². The lowest BCUT2D eigenvalue weighted by atomic mass is 10.2. The number of hydrogen-bond donors (Lipinski definition) is 2. The number of carbonyl (C=O) groups excluding carboxylic acids is 2. The van der Waals surface area contributed by atoms with Gasteiger partial charge in [0, 0.05) is 0 Å². The van der Waals surface area contributed by atoms with Crippen molar-refractivity contribution in [2.45, 2.75) is 38.7 Å². The number of carbonyl (C=O) groups is 2.